The normalized spacial score (nSPS) is 10.2. The molecule has 0 aliphatic rings. The smallest absolute Gasteiger partial charge is 0.322 e. The van der Waals surface area contributed by atoms with Gasteiger partial charge in [0.15, 0.2) is 0 Å². The maximum atomic E-state index is 11.7. The highest BCUT2D eigenvalue weighted by Crippen LogP contribution is 2.15. The van der Waals surface area contributed by atoms with Crippen molar-refractivity contribution >= 4 is 11.9 Å². The molecule has 23 heavy (non-hydrogen) atoms. The van der Waals surface area contributed by atoms with Crippen LogP contribution < -0.4 is 9.47 Å². The Kier molecular flexibility index (Phi) is 5.92. The average Bonchev–Trinajstić information content (AvgIpc) is 2.56. The van der Waals surface area contributed by atoms with Gasteiger partial charge in [0, 0.05) is 0 Å². The lowest BCUT2D eigenvalue weighted by Gasteiger charge is -2.06. The van der Waals surface area contributed by atoms with E-state index in [1.165, 1.54) is 0 Å². The van der Waals surface area contributed by atoms with E-state index in [1.807, 2.05) is 38.1 Å². The maximum absolute atomic E-state index is 11.7. The van der Waals surface area contributed by atoms with Crippen molar-refractivity contribution in [2.45, 2.75) is 33.1 Å². The Labute approximate surface area is 136 Å². The minimum absolute atomic E-state index is 0.423. The van der Waals surface area contributed by atoms with Gasteiger partial charge in [0.1, 0.15) is 17.9 Å². The molecule has 0 radical (unpaired) electrons. The lowest BCUT2D eigenvalue weighted by atomic mass is 10.2. The van der Waals surface area contributed by atoms with Gasteiger partial charge in [-0.05, 0) is 48.2 Å². The van der Waals surface area contributed by atoms with E-state index in [9.17, 15) is 9.59 Å². The van der Waals surface area contributed by atoms with E-state index in [-0.39, 0.29) is 0 Å². The van der Waals surface area contributed by atoms with Gasteiger partial charge >= 0.3 is 11.9 Å². The van der Waals surface area contributed by atoms with Crippen LogP contribution in [0.5, 0.6) is 11.5 Å². The number of carbonyl (C=O) groups excluding carboxylic acids is 2. The molecular formula is C19H20O4. The van der Waals surface area contributed by atoms with E-state index in [0.29, 0.717) is 11.5 Å². The van der Waals surface area contributed by atoms with Crippen LogP contribution >= 0.6 is 0 Å². The van der Waals surface area contributed by atoms with Crippen LogP contribution in [0.2, 0.25) is 0 Å². The lowest BCUT2D eigenvalue weighted by molar-refractivity contribution is -0.144. The highest BCUT2D eigenvalue weighted by molar-refractivity contribution is 5.93. The molecular weight excluding hydrogens is 292 g/mol. The lowest BCUT2D eigenvalue weighted by Crippen LogP contribution is -2.18. The fourth-order valence-electron chi connectivity index (χ4n) is 2.04. The van der Waals surface area contributed by atoms with E-state index in [1.54, 1.807) is 24.3 Å². The molecule has 0 N–H and O–H groups in total. The molecule has 4 heteroatoms. The first-order valence-electron chi connectivity index (χ1n) is 7.70. The number of esters is 2. The number of carbonyl (C=O) groups is 2. The summed E-state index contributed by atoms with van der Waals surface area (Å²) in [6, 6.07) is 14.4. The van der Waals surface area contributed by atoms with Gasteiger partial charge in [0.2, 0.25) is 0 Å². The molecule has 0 aromatic heterocycles. The van der Waals surface area contributed by atoms with Crippen LogP contribution in [0, 0.1) is 0 Å². The summed E-state index contributed by atoms with van der Waals surface area (Å²) in [5.74, 6) is -0.423. The summed E-state index contributed by atoms with van der Waals surface area (Å²) in [4.78, 5) is 23.5. The van der Waals surface area contributed by atoms with Crippen molar-refractivity contribution in [3.05, 3.63) is 59.7 Å². The van der Waals surface area contributed by atoms with E-state index < -0.39 is 18.4 Å². The minimum Gasteiger partial charge on any atom is -0.426 e. The first-order valence-corrected chi connectivity index (χ1v) is 7.70. The molecule has 2 rings (SSSR count). The van der Waals surface area contributed by atoms with E-state index in [4.69, 9.17) is 9.47 Å². The molecule has 0 fully saturated rings. The van der Waals surface area contributed by atoms with Gasteiger partial charge < -0.3 is 9.47 Å². The highest BCUT2D eigenvalue weighted by Gasteiger charge is 2.14. The second kappa shape index (κ2) is 8.13. The van der Waals surface area contributed by atoms with Gasteiger partial charge in [-0.25, -0.2) is 0 Å². The first kappa shape index (κ1) is 16.7. The summed E-state index contributed by atoms with van der Waals surface area (Å²) < 4.78 is 10.2. The van der Waals surface area contributed by atoms with E-state index in [2.05, 4.69) is 0 Å². The molecule has 0 aliphatic carbocycles. The zero-order valence-electron chi connectivity index (χ0n) is 13.4. The Hall–Kier alpha value is -2.62. The number of ether oxygens (including phenoxy) is 2. The van der Waals surface area contributed by atoms with Gasteiger partial charge in [-0.1, -0.05) is 38.1 Å². The Balaban J connectivity index is 1.84. The summed E-state index contributed by atoms with van der Waals surface area (Å²) in [6.45, 7) is 4.09. The van der Waals surface area contributed by atoms with Gasteiger partial charge in [0.25, 0.3) is 0 Å². The summed E-state index contributed by atoms with van der Waals surface area (Å²) in [5.41, 5.74) is 2.31. The quantitative estimate of drug-likeness (QED) is 0.463. The topological polar surface area (TPSA) is 52.6 Å². The summed E-state index contributed by atoms with van der Waals surface area (Å²) >= 11 is 0. The van der Waals surface area contributed by atoms with Crippen molar-refractivity contribution in [1.82, 2.24) is 0 Å². The standard InChI is InChI=1S/C19H20O4/c1-3-14-5-9-16(10-6-14)22-18(20)13-19(21)23-17-11-7-15(4-2)8-12-17/h5-12H,3-4,13H2,1-2H3. The fourth-order valence-corrected chi connectivity index (χ4v) is 2.04. The van der Waals surface area contributed by atoms with Crippen LogP contribution in [0.1, 0.15) is 31.4 Å². The number of hydrogen-bond donors (Lipinski definition) is 0. The van der Waals surface area contributed by atoms with Crippen molar-refractivity contribution in [2.75, 3.05) is 0 Å². The molecule has 0 unspecified atom stereocenters. The fraction of sp³-hybridized carbons (Fsp3) is 0.263. The molecule has 0 aliphatic heterocycles. The van der Waals surface area contributed by atoms with Gasteiger partial charge in [-0.3, -0.25) is 9.59 Å². The Morgan fingerprint density at radius 3 is 1.35 bits per heavy atom. The summed E-state index contributed by atoms with van der Waals surface area (Å²) in [5, 5.41) is 0. The van der Waals surface area contributed by atoms with Crippen molar-refractivity contribution < 1.29 is 19.1 Å². The largest absolute Gasteiger partial charge is 0.426 e. The summed E-state index contributed by atoms with van der Waals surface area (Å²) in [6.07, 6.45) is 1.40. The Morgan fingerprint density at radius 2 is 1.04 bits per heavy atom. The second-order valence-corrected chi connectivity index (χ2v) is 5.12. The average molecular weight is 312 g/mol. The van der Waals surface area contributed by atoms with E-state index >= 15 is 0 Å². The zero-order chi connectivity index (χ0) is 16.7. The van der Waals surface area contributed by atoms with Crippen molar-refractivity contribution in [3.63, 3.8) is 0 Å². The third kappa shape index (κ3) is 5.25. The molecule has 4 nitrogen and oxygen atoms in total. The SMILES string of the molecule is CCc1ccc(OC(=O)CC(=O)Oc2ccc(CC)cc2)cc1. The molecule has 0 heterocycles. The van der Waals surface area contributed by atoms with Crippen LogP contribution in [-0.2, 0) is 22.4 Å². The zero-order valence-corrected chi connectivity index (χ0v) is 13.4. The Morgan fingerprint density at radius 1 is 0.696 bits per heavy atom. The molecule has 2 aromatic carbocycles. The molecule has 2 aromatic rings. The number of rotatable bonds is 6. The number of hydrogen-bond acceptors (Lipinski definition) is 4. The first-order chi connectivity index (χ1) is 11.1. The highest BCUT2D eigenvalue weighted by atomic mass is 16.6. The van der Waals surface area contributed by atoms with Crippen LogP contribution in [0.3, 0.4) is 0 Å². The van der Waals surface area contributed by atoms with Crippen LogP contribution in [0.4, 0.5) is 0 Å². The molecule has 0 saturated carbocycles. The molecule has 120 valence electrons. The van der Waals surface area contributed by atoms with Crippen molar-refractivity contribution in [3.8, 4) is 11.5 Å². The third-order valence-electron chi connectivity index (χ3n) is 3.42. The van der Waals surface area contributed by atoms with Gasteiger partial charge in [0.05, 0.1) is 0 Å². The van der Waals surface area contributed by atoms with Crippen LogP contribution in [0.25, 0.3) is 0 Å². The molecule has 0 amide bonds. The summed E-state index contributed by atoms with van der Waals surface area (Å²) in [7, 11) is 0. The molecule has 0 bridgehead atoms. The second-order valence-electron chi connectivity index (χ2n) is 5.12. The molecule has 0 spiro atoms. The van der Waals surface area contributed by atoms with Gasteiger partial charge in [-0.15, -0.1) is 0 Å². The van der Waals surface area contributed by atoms with E-state index in [0.717, 1.165) is 24.0 Å². The molecule has 0 atom stereocenters. The van der Waals surface area contributed by atoms with Gasteiger partial charge in [-0.2, -0.15) is 0 Å². The third-order valence-corrected chi connectivity index (χ3v) is 3.42. The predicted octanol–water partition coefficient (Wildman–Crippen LogP) is 3.71. The Bertz CT molecular complexity index is 597. The van der Waals surface area contributed by atoms with Crippen LogP contribution in [-0.4, -0.2) is 11.9 Å². The van der Waals surface area contributed by atoms with Crippen LogP contribution in [0.15, 0.2) is 48.5 Å². The number of benzene rings is 2. The minimum atomic E-state index is -0.635. The molecule has 0 saturated heterocycles. The van der Waals surface area contributed by atoms with Crippen molar-refractivity contribution in [1.29, 1.82) is 0 Å². The number of aryl methyl sites for hydroxylation is 2. The maximum Gasteiger partial charge on any atom is 0.322 e. The van der Waals surface area contributed by atoms with Crippen molar-refractivity contribution in [2.24, 2.45) is 0 Å². The predicted molar refractivity (Wildman–Crippen MR) is 87.5 cm³/mol. The monoisotopic (exact) mass is 312 g/mol.